The van der Waals surface area contributed by atoms with Gasteiger partial charge in [-0.3, -0.25) is 4.90 Å². The Morgan fingerprint density at radius 3 is 2.65 bits per heavy atom. The van der Waals surface area contributed by atoms with Gasteiger partial charge in [-0.05, 0) is 32.1 Å². The van der Waals surface area contributed by atoms with E-state index in [2.05, 4.69) is 30.8 Å². The Balaban J connectivity index is 2.26. The minimum Gasteiger partial charge on any atom is -0.329 e. The van der Waals surface area contributed by atoms with Crippen LogP contribution in [0.2, 0.25) is 5.02 Å². The molecule has 1 aliphatic heterocycles. The van der Waals surface area contributed by atoms with Crippen LogP contribution < -0.4 is 5.73 Å². The Morgan fingerprint density at radius 1 is 1.45 bits per heavy atom. The fourth-order valence-electron chi connectivity index (χ4n) is 3.19. The van der Waals surface area contributed by atoms with Crippen molar-refractivity contribution in [3.05, 3.63) is 34.6 Å². The maximum atomic E-state index is 14.1. The molecule has 1 aromatic rings. The molecule has 0 amide bonds. The molecule has 5 heteroatoms. The molecule has 2 N–H and O–H groups in total. The molecule has 1 aliphatic rings. The monoisotopic (exact) mass is 299 g/mol. The highest BCUT2D eigenvalue weighted by Gasteiger charge is 2.36. The summed E-state index contributed by atoms with van der Waals surface area (Å²) in [7, 11) is 4.16. The number of nitrogens with zero attached hydrogens (tertiary/aromatic N) is 2. The predicted molar refractivity (Wildman–Crippen MR) is 81.4 cm³/mol. The molecular weight excluding hydrogens is 277 g/mol. The fourth-order valence-corrected chi connectivity index (χ4v) is 3.48. The van der Waals surface area contributed by atoms with Crippen LogP contribution in [0.1, 0.15) is 18.5 Å². The summed E-state index contributed by atoms with van der Waals surface area (Å²) in [4.78, 5) is 4.47. The first-order valence-electron chi connectivity index (χ1n) is 7.00. The Hall–Kier alpha value is -0.680. The maximum Gasteiger partial charge on any atom is 0.129 e. The Labute approximate surface area is 125 Å². The SMILES string of the molecule is CC1CN(C(CN)c2c(F)cccc2Cl)CC1N(C)C. The van der Waals surface area contributed by atoms with Crippen LogP contribution in [-0.2, 0) is 0 Å². The molecule has 0 saturated carbocycles. The quantitative estimate of drug-likeness (QED) is 0.926. The van der Waals surface area contributed by atoms with Crippen molar-refractivity contribution in [3.8, 4) is 0 Å². The Bertz CT molecular complexity index is 446. The average Bonchev–Trinajstić information content (AvgIpc) is 2.76. The largest absolute Gasteiger partial charge is 0.329 e. The predicted octanol–water partition coefficient (Wildman–Crippen LogP) is 2.36. The fraction of sp³-hybridized carbons (Fsp3) is 0.600. The summed E-state index contributed by atoms with van der Waals surface area (Å²) < 4.78 is 14.1. The third-order valence-corrected chi connectivity index (χ3v) is 4.59. The third-order valence-electron chi connectivity index (χ3n) is 4.26. The van der Waals surface area contributed by atoms with Gasteiger partial charge in [0.05, 0.1) is 6.04 Å². The van der Waals surface area contributed by atoms with Crippen molar-refractivity contribution >= 4 is 11.6 Å². The third kappa shape index (κ3) is 2.98. The summed E-state index contributed by atoms with van der Waals surface area (Å²) >= 11 is 6.18. The van der Waals surface area contributed by atoms with Crippen molar-refractivity contribution < 1.29 is 4.39 Å². The second-order valence-corrected chi connectivity index (χ2v) is 6.26. The number of halogens is 2. The first kappa shape index (κ1) is 15.7. The molecule has 0 spiro atoms. The van der Waals surface area contributed by atoms with Crippen LogP contribution in [0, 0.1) is 11.7 Å². The van der Waals surface area contributed by atoms with E-state index in [1.54, 1.807) is 12.1 Å². The summed E-state index contributed by atoms with van der Waals surface area (Å²) in [5.74, 6) is 0.263. The minimum atomic E-state index is -0.270. The lowest BCUT2D eigenvalue weighted by atomic mass is 10.0. The molecular formula is C15H23ClFN3. The number of likely N-dealkylation sites (N-methyl/N-ethyl adjacent to an activating group) is 1. The van der Waals surface area contributed by atoms with E-state index in [-0.39, 0.29) is 11.9 Å². The summed E-state index contributed by atoms with van der Waals surface area (Å²) in [6.45, 7) is 4.39. The highest BCUT2D eigenvalue weighted by Crippen LogP contribution is 2.33. The smallest absolute Gasteiger partial charge is 0.129 e. The molecule has 2 rings (SSSR count). The number of hydrogen-bond acceptors (Lipinski definition) is 3. The molecule has 1 heterocycles. The van der Waals surface area contributed by atoms with E-state index >= 15 is 0 Å². The van der Waals surface area contributed by atoms with Gasteiger partial charge in [-0.25, -0.2) is 4.39 Å². The molecule has 0 aromatic heterocycles. The highest BCUT2D eigenvalue weighted by atomic mass is 35.5. The molecule has 1 saturated heterocycles. The number of benzene rings is 1. The van der Waals surface area contributed by atoms with Crippen molar-refractivity contribution in [2.45, 2.75) is 19.0 Å². The molecule has 0 radical (unpaired) electrons. The van der Waals surface area contributed by atoms with E-state index in [0.717, 1.165) is 13.1 Å². The zero-order chi connectivity index (χ0) is 14.9. The van der Waals surface area contributed by atoms with E-state index < -0.39 is 0 Å². The number of rotatable bonds is 4. The zero-order valence-corrected chi connectivity index (χ0v) is 13.1. The lowest BCUT2D eigenvalue weighted by Crippen LogP contribution is -2.37. The minimum absolute atomic E-state index is 0.156. The molecule has 0 aliphatic carbocycles. The Kier molecular flexibility index (Phi) is 5.02. The van der Waals surface area contributed by atoms with Gasteiger partial charge in [0.25, 0.3) is 0 Å². The van der Waals surface area contributed by atoms with Crippen molar-refractivity contribution in [2.75, 3.05) is 33.7 Å². The molecule has 3 atom stereocenters. The normalized spacial score (nSPS) is 25.4. The summed E-state index contributed by atoms with van der Waals surface area (Å²) in [6.07, 6.45) is 0. The van der Waals surface area contributed by atoms with Gasteiger partial charge in [0.2, 0.25) is 0 Å². The van der Waals surface area contributed by atoms with Crippen molar-refractivity contribution in [3.63, 3.8) is 0 Å². The van der Waals surface area contributed by atoms with Gasteiger partial charge >= 0.3 is 0 Å². The second kappa shape index (κ2) is 6.39. The van der Waals surface area contributed by atoms with Crippen LogP contribution in [0.3, 0.4) is 0 Å². The summed E-state index contributed by atoms with van der Waals surface area (Å²) in [5, 5.41) is 0.460. The van der Waals surface area contributed by atoms with E-state index in [0.29, 0.717) is 29.1 Å². The topological polar surface area (TPSA) is 32.5 Å². The van der Waals surface area contributed by atoms with E-state index in [1.807, 2.05) is 0 Å². The first-order chi connectivity index (χ1) is 9.45. The van der Waals surface area contributed by atoms with Crippen LogP contribution in [0.4, 0.5) is 4.39 Å². The highest BCUT2D eigenvalue weighted by molar-refractivity contribution is 6.31. The van der Waals surface area contributed by atoms with E-state index in [9.17, 15) is 4.39 Å². The van der Waals surface area contributed by atoms with Gasteiger partial charge in [0.1, 0.15) is 5.82 Å². The van der Waals surface area contributed by atoms with E-state index in [4.69, 9.17) is 17.3 Å². The lowest BCUT2D eigenvalue weighted by Gasteiger charge is -2.29. The average molecular weight is 300 g/mol. The Morgan fingerprint density at radius 2 is 2.15 bits per heavy atom. The number of nitrogens with two attached hydrogens (primary N) is 1. The number of likely N-dealkylation sites (tertiary alicyclic amines) is 1. The first-order valence-corrected chi connectivity index (χ1v) is 7.38. The second-order valence-electron chi connectivity index (χ2n) is 5.85. The molecule has 0 bridgehead atoms. The van der Waals surface area contributed by atoms with E-state index in [1.165, 1.54) is 6.07 Å². The zero-order valence-electron chi connectivity index (χ0n) is 12.3. The standard InChI is InChI=1S/C15H23ClFN3/c1-10-8-20(9-14(10)19(2)3)13(7-18)15-11(16)5-4-6-12(15)17/h4-6,10,13-14H,7-9,18H2,1-3H3. The summed E-state index contributed by atoms with van der Waals surface area (Å²) in [5.41, 5.74) is 6.44. The molecule has 112 valence electrons. The van der Waals surface area contributed by atoms with Gasteiger partial charge in [-0.15, -0.1) is 0 Å². The molecule has 1 fully saturated rings. The van der Waals surface area contributed by atoms with Crippen LogP contribution in [0.25, 0.3) is 0 Å². The van der Waals surface area contributed by atoms with Gasteiger partial charge in [0.15, 0.2) is 0 Å². The van der Waals surface area contributed by atoms with Crippen LogP contribution in [0.5, 0.6) is 0 Å². The van der Waals surface area contributed by atoms with Gasteiger partial charge in [0, 0.05) is 36.3 Å². The van der Waals surface area contributed by atoms with Crippen molar-refractivity contribution in [2.24, 2.45) is 11.7 Å². The van der Waals surface area contributed by atoms with Gasteiger partial charge in [-0.2, -0.15) is 0 Å². The molecule has 20 heavy (non-hydrogen) atoms. The van der Waals surface area contributed by atoms with Crippen molar-refractivity contribution in [1.29, 1.82) is 0 Å². The van der Waals surface area contributed by atoms with Crippen LogP contribution in [0.15, 0.2) is 18.2 Å². The van der Waals surface area contributed by atoms with Gasteiger partial charge < -0.3 is 10.6 Å². The van der Waals surface area contributed by atoms with Crippen LogP contribution >= 0.6 is 11.6 Å². The maximum absolute atomic E-state index is 14.1. The number of hydrogen-bond donors (Lipinski definition) is 1. The lowest BCUT2D eigenvalue weighted by molar-refractivity contribution is 0.216. The van der Waals surface area contributed by atoms with Gasteiger partial charge in [-0.1, -0.05) is 24.6 Å². The van der Waals surface area contributed by atoms with Crippen LogP contribution in [-0.4, -0.2) is 49.6 Å². The van der Waals surface area contributed by atoms with Crippen molar-refractivity contribution in [1.82, 2.24) is 9.80 Å². The summed E-state index contributed by atoms with van der Waals surface area (Å²) in [6, 6.07) is 5.12. The molecule has 3 nitrogen and oxygen atoms in total. The molecule has 3 unspecified atom stereocenters. The molecule has 1 aromatic carbocycles.